The van der Waals surface area contributed by atoms with Gasteiger partial charge in [-0.25, -0.2) is 4.98 Å². The van der Waals surface area contributed by atoms with Gasteiger partial charge in [-0.3, -0.25) is 4.98 Å². The third kappa shape index (κ3) is 4.16. The van der Waals surface area contributed by atoms with Crippen molar-refractivity contribution < 1.29 is 0 Å². The maximum Gasteiger partial charge on any atom is 0.147 e. The van der Waals surface area contributed by atoms with E-state index in [0.717, 1.165) is 37.1 Å². The molecule has 0 atom stereocenters. The predicted octanol–water partition coefficient (Wildman–Crippen LogP) is 2.60. The summed E-state index contributed by atoms with van der Waals surface area (Å²) in [5, 5.41) is 3.39. The first-order valence-electron chi connectivity index (χ1n) is 7.48. The summed E-state index contributed by atoms with van der Waals surface area (Å²) in [5.41, 5.74) is 1.03. The van der Waals surface area contributed by atoms with Crippen LogP contribution in [0.4, 0.5) is 5.82 Å². The predicted molar refractivity (Wildman–Crippen MR) is 79.2 cm³/mol. The zero-order chi connectivity index (χ0) is 13.7. The quantitative estimate of drug-likeness (QED) is 0.885. The van der Waals surface area contributed by atoms with Gasteiger partial charge in [0.1, 0.15) is 5.82 Å². The number of piperidine rings is 1. The number of hydrogen-bond acceptors (Lipinski definition) is 4. The summed E-state index contributed by atoms with van der Waals surface area (Å²) in [7, 11) is 0. The first-order valence-corrected chi connectivity index (χ1v) is 7.48. The average molecular weight is 262 g/mol. The van der Waals surface area contributed by atoms with Crippen LogP contribution in [-0.4, -0.2) is 29.1 Å². The molecule has 19 heavy (non-hydrogen) atoms. The highest BCUT2D eigenvalue weighted by atomic mass is 15.2. The largest absolute Gasteiger partial charge is 0.355 e. The van der Waals surface area contributed by atoms with Gasteiger partial charge in [0.25, 0.3) is 0 Å². The number of hydrogen-bond donors (Lipinski definition) is 1. The molecule has 2 heterocycles. The molecule has 4 heteroatoms. The van der Waals surface area contributed by atoms with Crippen LogP contribution in [0.25, 0.3) is 0 Å². The fourth-order valence-electron chi connectivity index (χ4n) is 2.51. The van der Waals surface area contributed by atoms with Crippen molar-refractivity contribution in [3.05, 3.63) is 18.1 Å². The van der Waals surface area contributed by atoms with E-state index in [1.54, 1.807) is 0 Å². The van der Waals surface area contributed by atoms with Gasteiger partial charge in [0, 0.05) is 31.9 Å². The highest BCUT2D eigenvalue weighted by Crippen LogP contribution is 2.23. The van der Waals surface area contributed by atoms with E-state index < -0.39 is 0 Å². The van der Waals surface area contributed by atoms with Gasteiger partial charge in [-0.05, 0) is 18.8 Å². The molecule has 1 aliphatic heterocycles. The summed E-state index contributed by atoms with van der Waals surface area (Å²) >= 11 is 0. The second kappa shape index (κ2) is 6.85. The first-order chi connectivity index (χ1) is 9.19. The normalized spacial score (nSPS) is 17.2. The Morgan fingerprint density at radius 3 is 2.68 bits per heavy atom. The van der Waals surface area contributed by atoms with Gasteiger partial charge in [0.05, 0.1) is 11.9 Å². The number of nitrogens with one attached hydrogen (secondary N) is 1. The van der Waals surface area contributed by atoms with E-state index in [1.807, 2.05) is 12.4 Å². The maximum absolute atomic E-state index is 4.72. The fraction of sp³-hybridized carbons (Fsp3) is 0.733. The molecular weight excluding hydrogens is 236 g/mol. The molecule has 0 unspecified atom stereocenters. The minimum Gasteiger partial charge on any atom is -0.355 e. The van der Waals surface area contributed by atoms with Crippen LogP contribution in [0, 0.1) is 5.92 Å². The van der Waals surface area contributed by atoms with E-state index in [-0.39, 0.29) is 0 Å². The molecule has 0 spiro atoms. The van der Waals surface area contributed by atoms with Crippen molar-refractivity contribution >= 4 is 5.82 Å². The van der Waals surface area contributed by atoms with Crippen LogP contribution in [0.2, 0.25) is 0 Å². The third-order valence-electron chi connectivity index (χ3n) is 3.88. The van der Waals surface area contributed by atoms with E-state index in [9.17, 15) is 0 Å². The lowest BCUT2D eigenvalue weighted by atomic mass is 9.94. The Bertz CT molecular complexity index is 383. The molecular formula is C15H26N4. The molecule has 1 fully saturated rings. The smallest absolute Gasteiger partial charge is 0.147 e. The highest BCUT2D eigenvalue weighted by Gasteiger charge is 2.19. The van der Waals surface area contributed by atoms with E-state index in [1.165, 1.54) is 19.3 Å². The standard InChI is InChI=1S/C15H26N4/c1-4-13-5-7-19(8-6-13)15-11-16-9-14(18-15)10-17-12(2)3/h9,11-13,17H,4-8,10H2,1-3H3. The van der Waals surface area contributed by atoms with E-state index in [0.29, 0.717) is 6.04 Å². The Kier molecular flexibility index (Phi) is 5.14. The number of rotatable bonds is 5. The summed E-state index contributed by atoms with van der Waals surface area (Å²) in [4.78, 5) is 11.4. The molecule has 2 rings (SSSR count). The van der Waals surface area contributed by atoms with Gasteiger partial charge in [0.2, 0.25) is 0 Å². The van der Waals surface area contributed by atoms with Gasteiger partial charge < -0.3 is 10.2 Å². The Balaban J connectivity index is 1.95. The molecule has 0 aliphatic carbocycles. The van der Waals surface area contributed by atoms with Gasteiger partial charge in [-0.15, -0.1) is 0 Å². The second-order valence-electron chi connectivity index (χ2n) is 5.74. The van der Waals surface area contributed by atoms with Crippen LogP contribution in [0.3, 0.4) is 0 Å². The van der Waals surface area contributed by atoms with Crippen LogP contribution in [0.15, 0.2) is 12.4 Å². The monoisotopic (exact) mass is 262 g/mol. The number of anilines is 1. The van der Waals surface area contributed by atoms with Gasteiger partial charge in [-0.1, -0.05) is 27.2 Å². The second-order valence-corrected chi connectivity index (χ2v) is 5.74. The molecule has 1 aromatic rings. The molecule has 0 radical (unpaired) electrons. The average Bonchev–Trinajstić information content (AvgIpc) is 2.45. The third-order valence-corrected chi connectivity index (χ3v) is 3.88. The zero-order valence-electron chi connectivity index (χ0n) is 12.4. The molecule has 0 bridgehead atoms. The number of aromatic nitrogens is 2. The van der Waals surface area contributed by atoms with Crippen molar-refractivity contribution in [3.8, 4) is 0 Å². The lowest BCUT2D eigenvalue weighted by Crippen LogP contribution is -2.34. The Morgan fingerprint density at radius 1 is 1.32 bits per heavy atom. The first kappa shape index (κ1) is 14.3. The lowest BCUT2D eigenvalue weighted by molar-refractivity contribution is 0.393. The molecule has 1 aliphatic rings. The molecule has 0 aromatic carbocycles. The molecule has 1 N–H and O–H groups in total. The number of nitrogens with zero attached hydrogens (tertiary/aromatic N) is 3. The molecule has 0 amide bonds. The summed E-state index contributed by atoms with van der Waals surface area (Å²) < 4.78 is 0. The van der Waals surface area contributed by atoms with Crippen LogP contribution >= 0.6 is 0 Å². The van der Waals surface area contributed by atoms with Gasteiger partial charge in [-0.2, -0.15) is 0 Å². The molecule has 0 saturated carbocycles. The van der Waals surface area contributed by atoms with Crippen molar-refractivity contribution in [2.45, 2.75) is 52.6 Å². The maximum atomic E-state index is 4.72. The molecule has 1 saturated heterocycles. The van der Waals surface area contributed by atoms with Crippen LogP contribution in [0.5, 0.6) is 0 Å². The van der Waals surface area contributed by atoms with Crippen molar-refractivity contribution in [1.82, 2.24) is 15.3 Å². The minimum absolute atomic E-state index is 0.478. The topological polar surface area (TPSA) is 41.1 Å². The lowest BCUT2D eigenvalue weighted by Gasteiger charge is -2.32. The molecule has 1 aromatic heterocycles. The van der Waals surface area contributed by atoms with Crippen molar-refractivity contribution in [1.29, 1.82) is 0 Å². The minimum atomic E-state index is 0.478. The van der Waals surface area contributed by atoms with Crippen LogP contribution in [0.1, 0.15) is 45.7 Å². The summed E-state index contributed by atoms with van der Waals surface area (Å²) in [6, 6.07) is 0.478. The summed E-state index contributed by atoms with van der Waals surface area (Å²) in [6.07, 6.45) is 7.62. The zero-order valence-corrected chi connectivity index (χ0v) is 12.4. The van der Waals surface area contributed by atoms with Crippen molar-refractivity contribution in [2.75, 3.05) is 18.0 Å². The molecule has 4 nitrogen and oxygen atoms in total. The Morgan fingerprint density at radius 2 is 2.05 bits per heavy atom. The summed E-state index contributed by atoms with van der Waals surface area (Å²) in [6.45, 7) is 9.62. The van der Waals surface area contributed by atoms with Crippen LogP contribution < -0.4 is 10.2 Å². The SMILES string of the molecule is CCC1CCN(c2cncc(CNC(C)C)n2)CC1. The molecule has 106 valence electrons. The Labute approximate surface area is 116 Å². The van der Waals surface area contributed by atoms with Gasteiger partial charge >= 0.3 is 0 Å². The van der Waals surface area contributed by atoms with Gasteiger partial charge in [0.15, 0.2) is 0 Å². The van der Waals surface area contributed by atoms with E-state index >= 15 is 0 Å². The van der Waals surface area contributed by atoms with Crippen molar-refractivity contribution in [2.24, 2.45) is 5.92 Å². The van der Waals surface area contributed by atoms with E-state index in [4.69, 9.17) is 4.98 Å². The van der Waals surface area contributed by atoms with Crippen molar-refractivity contribution in [3.63, 3.8) is 0 Å². The summed E-state index contributed by atoms with van der Waals surface area (Å²) in [5.74, 6) is 1.94. The highest BCUT2D eigenvalue weighted by molar-refractivity contribution is 5.36. The van der Waals surface area contributed by atoms with Crippen LogP contribution in [-0.2, 0) is 6.54 Å². The Hall–Kier alpha value is -1.16. The fourth-order valence-corrected chi connectivity index (χ4v) is 2.51. The van der Waals surface area contributed by atoms with E-state index in [2.05, 4.69) is 36.0 Å².